The van der Waals surface area contributed by atoms with Crippen molar-refractivity contribution in [1.82, 2.24) is 10.6 Å². The van der Waals surface area contributed by atoms with E-state index in [1.54, 1.807) is 0 Å². The molecule has 0 bridgehead atoms. The van der Waals surface area contributed by atoms with Crippen molar-refractivity contribution < 1.29 is 19.4 Å². The van der Waals surface area contributed by atoms with E-state index >= 15 is 0 Å². The van der Waals surface area contributed by atoms with Crippen LogP contribution in [-0.4, -0.2) is 43.4 Å². The number of hydrogen-bond acceptors (Lipinski definition) is 5. The highest BCUT2D eigenvalue weighted by Gasteiger charge is 2.18. The van der Waals surface area contributed by atoms with Crippen molar-refractivity contribution in [3.8, 4) is 0 Å². The van der Waals surface area contributed by atoms with Crippen LogP contribution in [0.5, 0.6) is 0 Å². The first-order valence-electron chi connectivity index (χ1n) is 13.2. The molecular weight excluding hydrogens is 404 g/mol. The number of aliphatic hydroxyl groups is 1. The molecule has 0 aromatic carbocycles. The lowest BCUT2D eigenvalue weighted by Crippen LogP contribution is -2.39. The molecule has 0 radical (unpaired) electrons. The topological polar surface area (TPSA) is 87.7 Å². The fourth-order valence-electron chi connectivity index (χ4n) is 3.36. The molecule has 2 atom stereocenters. The molecule has 0 spiro atoms. The van der Waals surface area contributed by atoms with Crippen LogP contribution in [-0.2, 0) is 14.3 Å². The quantitative estimate of drug-likeness (QED) is 0.121. The summed E-state index contributed by atoms with van der Waals surface area (Å²) in [6.45, 7) is 5.45. The van der Waals surface area contributed by atoms with Crippen LogP contribution in [0.25, 0.3) is 0 Å². The molecule has 6 heteroatoms. The fourth-order valence-corrected chi connectivity index (χ4v) is 3.36. The molecule has 1 amide bonds. The monoisotopic (exact) mass is 458 g/mol. The molecule has 0 aliphatic rings. The zero-order valence-electron chi connectivity index (χ0n) is 21.8. The molecule has 192 valence electrons. The third-order valence-corrected chi connectivity index (χ3v) is 5.30. The average Bonchev–Trinajstić information content (AvgIpc) is 2.76. The van der Waals surface area contributed by atoms with Gasteiger partial charge < -0.3 is 20.5 Å². The summed E-state index contributed by atoms with van der Waals surface area (Å²) in [5.41, 5.74) is 0. The minimum atomic E-state index is -1.17. The molecule has 2 unspecified atom stereocenters. The van der Waals surface area contributed by atoms with Gasteiger partial charge in [0.15, 0.2) is 6.23 Å². The normalized spacial score (nSPS) is 12.4. The molecule has 0 rings (SSSR count). The van der Waals surface area contributed by atoms with E-state index in [2.05, 4.69) is 17.6 Å². The van der Waals surface area contributed by atoms with Gasteiger partial charge in [-0.2, -0.15) is 0 Å². The predicted octanol–water partition coefficient (Wildman–Crippen LogP) is 5.86. The van der Waals surface area contributed by atoms with Crippen molar-refractivity contribution in [2.24, 2.45) is 0 Å². The van der Waals surface area contributed by atoms with Crippen LogP contribution in [0.2, 0.25) is 0 Å². The van der Waals surface area contributed by atoms with E-state index in [1.807, 2.05) is 21.0 Å². The predicted molar refractivity (Wildman–Crippen MR) is 135 cm³/mol. The SMILES string of the molecule is CCCCCCCCCCCCCCCCCC(=O)NC(CC)OC(=O)C(C)O.CNC. The van der Waals surface area contributed by atoms with Gasteiger partial charge >= 0.3 is 5.97 Å². The van der Waals surface area contributed by atoms with Gasteiger partial charge in [0.05, 0.1) is 0 Å². The third kappa shape index (κ3) is 25.1. The van der Waals surface area contributed by atoms with E-state index in [4.69, 9.17) is 9.84 Å². The number of unbranched alkanes of at least 4 members (excludes halogenated alkanes) is 14. The standard InChI is InChI=1S/C24H47NO4.C2H7N/c1-4-6-7-8-9-10-11-12-13-14-15-16-17-18-19-20-22(27)25-23(5-2)29-24(28)21(3)26;1-3-2/h21,23,26H,4-20H2,1-3H3,(H,25,27);3H,1-2H3. The molecule has 0 fully saturated rings. The number of rotatable bonds is 20. The van der Waals surface area contributed by atoms with Crippen LogP contribution in [0.15, 0.2) is 0 Å². The zero-order chi connectivity index (χ0) is 24.5. The van der Waals surface area contributed by atoms with E-state index < -0.39 is 18.3 Å². The van der Waals surface area contributed by atoms with Crippen molar-refractivity contribution in [3.63, 3.8) is 0 Å². The van der Waals surface area contributed by atoms with Gasteiger partial charge in [-0.05, 0) is 27.4 Å². The number of ether oxygens (including phenoxy) is 1. The minimum absolute atomic E-state index is 0.0927. The van der Waals surface area contributed by atoms with Gasteiger partial charge in [-0.15, -0.1) is 0 Å². The summed E-state index contributed by atoms with van der Waals surface area (Å²) >= 11 is 0. The maximum atomic E-state index is 11.9. The Bertz CT molecular complexity index is 417. The Morgan fingerprint density at radius 2 is 1.12 bits per heavy atom. The van der Waals surface area contributed by atoms with E-state index in [1.165, 1.54) is 90.4 Å². The first-order valence-corrected chi connectivity index (χ1v) is 13.2. The summed E-state index contributed by atoms with van der Waals surface area (Å²) in [6, 6.07) is 0. The molecule has 0 aromatic rings. The third-order valence-electron chi connectivity index (χ3n) is 5.30. The van der Waals surface area contributed by atoms with E-state index in [0.717, 1.165) is 12.8 Å². The largest absolute Gasteiger partial charge is 0.440 e. The highest BCUT2D eigenvalue weighted by atomic mass is 16.6. The Morgan fingerprint density at radius 1 is 0.750 bits per heavy atom. The lowest BCUT2D eigenvalue weighted by Gasteiger charge is -2.18. The Hall–Kier alpha value is -1.14. The van der Waals surface area contributed by atoms with Crippen molar-refractivity contribution in [2.45, 2.75) is 142 Å². The van der Waals surface area contributed by atoms with Crippen LogP contribution in [0, 0.1) is 0 Å². The zero-order valence-corrected chi connectivity index (χ0v) is 21.8. The Balaban J connectivity index is 0. The number of esters is 1. The van der Waals surface area contributed by atoms with Gasteiger partial charge in [-0.3, -0.25) is 4.79 Å². The fraction of sp³-hybridized carbons (Fsp3) is 0.923. The van der Waals surface area contributed by atoms with Crippen molar-refractivity contribution in [2.75, 3.05) is 14.1 Å². The highest BCUT2D eigenvalue weighted by Crippen LogP contribution is 2.13. The molecule has 0 aliphatic carbocycles. The lowest BCUT2D eigenvalue weighted by atomic mass is 10.0. The molecule has 32 heavy (non-hydrogen) atoms. The van der Waals surface area contributed by atoms with E-state index in [-0.39, 0.29) is 5.91 Å². The van der Waals surface area contributed by atoms with Crippen molar-refractivity contribution in [3.05, 3.63) is 0 Å². The van der Waals surface area contributed by atoms with Crippen LogP contribution in [0.4, 0.5) is 0 Å². The second-order valence-corrected chi connectivity index (χ2v) is 8.78. The van der Waals surface area contributed by atoms with Gasteiger partial charge in [-0.25, -0.2) is 4.79 Å². The van der Waals surface area contributed by atoms with Gasteiger partial charge in [0, 0.05) is 12.8 Å². The highest BCUT2D eigenvalue weighted by molar-refractivity contribution is 5.77. The molecule has 0 aliphatic heterocycles. The molecular formula is C26H54N2O4. The molecule has 6 nitrogen and oxygen atoms in total. The summed E-state index contributed by atoms with van der Waals surface area (Å²) in [5, 5.41) is 14.6. The van der Waals surface area contributed by atoms with Crippen molar-refractivity contribution >= 4 is 11.9 Å². The van der Waals surface area contributed by atoms with Crippen LogP contribution in [0.3, 0.4) is 0 Å². The van der Waals surface area contributed by atoms with Crippen LogP contribution in [0.1, 0.15) is 130 Å². The number of aliphatic hydroxyl groups excluding tert-OH is 1. The Morgan fingerprint density at radius 3 is 1.47 bits per heavy atom. The maximum Gasteiger partial charge on any atom is 0.336 e. The average molecular weight is 459 g/mol. The summed E-state index contributed by atoms with van der Waals surface area (Å²) in [5.74, 6) is -0.797. The van der Waals surface area contributed by atoms with E-state index in [9.17, 15) is 9.59 Å². The summed E-state index contributed by atoms with van der Waals surface area (Å²) in [4.78, 5) is 23.3. The number of nitrogens with one attached hydrogen (secondary N) is 2. The second-order valence-electron chi connectivity index (χ2n) is 8.78. The Kier molecular flexibility index (Phi) is 27.0. The van der Waals surface area contributed by atoms with E-state index in [0.29, 0.717) is 12.8 Å². The number of carbonyl (C=O) groups excluding carboxylic acids is 2. The molecule has 0 saturated heterocycles. The van der Waals surface area contributed by atoms with Crippen LogP contribution < -0.4 is 10.6 Å². The first kappa shape index (κ1) is 33.0. The van der Waals surface area contributed by atoms with Gasteiger partial charge in [-0.1, -0.05) is 104 Å². The van der Waals surface area contributed by atoms with Crippen LogP contribution >= 0.6 is 0 Å². The number of carbonyl (C=O) groups is 2. The number of amides is 1. The van der Waals surface area contributed by atoms with Gasteiger partial charge in [0.1, 0.15) is 6.10 Å². The summed E-state index contributed by atoms with van der Waals surface area (Å²) in [7, 11) is 3.75. The Labute approximate surface area is 198 Å². The summed E-state index contributed by atoms with van der Waals surface area (Å²) in [6.07, 6.45) is 18.6. The summed E-state index contributed by atoms with van der Waals surface area (Å²) < 4.78 is 5.04. The minimum Gasteiger partial charge on any atom is -0.440 e. The van der Waals surface area contributed by atoms with Gasteiger partial charge in [0.25, 0.3) is 0 Å². The smallest absolute Gasteiger partial charge is 0.336 e. The number of hydrogen-bond donors (Lipinski definition) is 3. The second kappa shape index (κ2) is 26.1. The van der Waals surface area contributed by atoms with Crippen molar-refractivity contribution in [1.29, 1.82) is 0 Å². The van der Waals surface area contributed by atoms with Gasteiger partial charge in [0.2, 0.25) is 5.91 Å². The molecule has 0 aromatic heterocycles. The molecule has 3 N–H and O–H groups in total. The lowest BCUT2D eigenvalue weighted by molar-refractivity contribution is -0.161. The first-order chi connectivity index (χ1) is 15.4. The molecule has 0 saturated carbocycles. The maximum absolute atomic E-state index is 11.9. The molecule has 0 heterocycles.